The molecule has 0 N–H and O–H groups in total. The largest absolute Gasteiger partial charge is 0.307 e. The molecule has 3 heteroatoms. The molecule has 0 unspecified atom stereocenters. The minimum absolute atomic E-state index is 1.18. The summed E-state index contributed by atoms with van der Waals surface area (Å²) < 4.78 is 7.60. The summed E-state index contributed by atoms with van der Waals surface area (Å²) in [5.41, 5.74) is 7.41. The first-order valence-electron chi connectivity index (χ1n) is 11.9. The lowest BCUT2D eigenvalue weighted by molar-refractivity contribution is 1.18. The predicted molar refractivity (Wildman–Crippen MR) is 151 cm³/mol. The highest BCUT2D eigenvalue weighted by Crippen LogP contribution is 2.46. The molecule has 8 rings (SSSR count). The van der Waals surface area contributed by atoms with Gasteiger partial charge in [-0.1, -0.05) is 78.9 Å². The Morgan fingerprint density at radius 1 is 0.400 bits per heavy atom. The van der Waals surface area contributed by atoms with Crippen molar-refractivity contribution in [1.29, 1.82) is 0 Å². The van der Waals surface area contributed by atoms with Gasteiger partial charge in [-0.15, -0.1) is 11.3 Å². The Kier molecular flexibility index (Phi) is 3.85. The maximum atomic E-state index is 2.49. The summed E-state index contributed by atoms with van der Waals surface area (Å²) in [5, 5.41) is 5.20. The first-order valence-corrected chi connectivity index (χ1v) is 12.7. The third kappa shape index (κ3) is 2.53. The van der Waals surface area contributed by atoms with Crippen LogP contribution in [0.4, 0.5) is 0 Å². The van der Waals surface area contributed by atoms with E-state index in [9.17, 15) is 0 Å². The number of fused-ring (bicyclic) bond motifs is 9. The molecule has 5 aromatic carbocycles. The van der Waals surface area contributed by atoms with Gasteiger partial charge in [-0.05, 0) is 42.5 Å². The number of benzene rings is 5. The zero-order chi connectivity index (χ0) is 22.9. The van der Waals surface area contributed by atoms with Crippen LogP contribution in [-0.2, 0) is 0 Å². The Balaban J connectivity index is 1.69. The molecule has 0 saturated carbocycles. The molecule has 2 nitrogen and oxygen atoms in total. The molecule has 0 aliphatic rings. The number of aromatic nitrogens is 2. The van der Waals surface area contributed by atoms with Crippen molar-refractivity contribution in [1.82, 2.24) is 9.13 Å². The molecule has 3 aromatic heterocycles. The van der Waals surface area contributed by atoms with Crippen LogP contribution >= 0.6 is 11.3 Å². The molecule has 0 radical (unpaired) electrons. The molecule has 0 aliphatic carbocycles. The first kappa shape index (κ1) is 19.0. The van der Waals surface area contributed by atoms with Gasteiger partial charge in [0, 0.05) is 37.6 Å². The van der Waals surface area contributed by atoms with E-state index in [-0.39, 0.29) is 0 Å². The number of thiophene rings is 1. The van der Waals surface area contributed by atoms with Gasteiger partial charge < -0.3 is 9.13 Å². The number of nitrogens with zero attached hydrogens (tertiary/aromatic N) is 2. The number of para-hydroxylation sites is 3. The van der Waals surface area contributed by atoms with E-state index in [4.69, 9.17) is 0 Å². The number of hydrogen-bond acceptors (Lipinski definition) is 1. The minimum atomic E-state index is 1.18. The summed E-state index contributed by atoms with van der Waals surface area (Å²) >= 11 is 1.90. The zero-order valence-electron chi connectivity index (χ0n) is 18.8. The summed E-state index contributed by atoms with van der Waals surface area (Å²) in [4.78, 5) is 0. The lowest BCUT2D eigenvalue weighted by Gasteiger charge is -2.09. The SMILES string of the molecule is c1ccc(-n2c3ccccc3c3c2c2ccc4c5ccccc5sc4c2n3-c2ccccc2)cc1. The molecular formula is C32H20N2S. The lowest BCUT2D eigenvalue weighted by atomic mass is 10.1. The normalized spacial score (nSPS) is 12.0. The second-order valence-electron chi connectivity index (χ2n) is 8.99. The average Bonchev–Trinajstić information content (AvgIpc) is 3.57. The van der Waals surface area contributed by atoms with Gasteiger partial charge in [0.15, 0.2) is 0 Å². The van der Waals surface area contributed by atoms with Crippen LogP contribution in [0.15, 0.2) is 121 Å². The molecule has 0 saturated heterocycles. The summed E-state index contributed by atoms with van der Waals surface area (Å²) in [6, 6.07) is 43.7. The van der Waals surface area contributed by atoms with Gasteiger partial charge >= 0.3 is 0 Å². The Morgan fingerprint density at radius 3 is 1.74 bits per heavy atom. The van der Waals surface area contributed by atoms with E-state index in [0.29, 0.717) is 0 Å². The van der Waals surface area contributed by atoms with Crippen LogP contribution in [0, 0.1) is 0 Å². The fraction of sp³-hybridized carbons (Fsp3) is 0. The predicted octanol–water partition coefficient (Wildman–Crippen LogP) is 9.10. The first-order chi connectivity index (χ1) is 17.4. The Morgan fingerprint density at radius 2 is 0.971 bits per heavy atom. The van der Waals surface area contributed by atoms with Crippen LogP contribution in [-0.4, -0.2) is 9.13 Å². The highest BCUT2D eigenvalue weighted by Gasteiger charge is 2.24. The second-order valence-corrected chi connectivity index (χ2v) is 10.0. The van der Waals surface area contributed by atoms with Crippen molar-refractivity contribution in [2.75, 3.05) is 0 Å². The third-order valence-corrected chi connectivity index (χ3v) is 8.29. The summed E-state index contributed by atoms with van der Waals surface area (Å²) in [7, 11) is 0. The molecule has 0 amide bonds. The fourth-order valence-electron chi connectivity index (χ4n) is 5.68. The quantitative estimate of drug-likeness (QED) is 0.241. The molecule has 0 aliphatic heterocycles. The van der Waals surface area contributed by atoms with Gasteiger partial charge in [-0.25, -0.2) is 0 Å². The molecule has 0 atom stereocenters. The van der Waals surface area contributed by atoms with Crippen molar-refractivity contribution < 1.29 is 0 Å². The van der Waals surface area contributed by atoms with Crippen LogP contribution < -0.4 is 0 Å². The van der Waals surface area contributed by atoms with Gasteiger partial charge in [0.2, 0.25) is 0 Å². The van der Waals surface area contributed by atoms with Crippen molar-refractivity contribution >= 4 is 64.3 Å². The van der Waals surface area contributed by atoms with Crippen molar-refractivity contribution in [3.8, 4) is 11.4 Å². The van der Waals surface area contributed by atoms with Crippen molar-refractivity contribution in [2.45, 2.75) is 0 Å². The van der Waals surface area contributed by atoms with Crippen LogP contribution in [0.25, 0.3) is 64.4 Å². The van der Waals surface area contributed by atoms with Gasteiger partial charge in [0.1, 0.15) is 0 Å². The summed E-state index contributed by atoms with van der Waals surface area (Å²) in [6.07, 6.45) is 0. The molecule has 8 aromatic rings. The van der Waals surface area contributed by atoms with E-state index in [2.05, 4.69) is 130 Å². The van der Waals surface area contributed by atoms with Crippen LogP contribution in [0.2, 0.25) is 0 Å². The Hall–Kier alpha value is -4.34. The molecule has 0 spiro atoms. The molecular weight excluding hydrogens is 444 g/mol. The Bertz CT molecular complexity index is 2040. The maximum absolute atomic E-state index is 2.49. The standard InChI is InChI=1S/C32H20N2S/c1-3-11-21(12-4-1)33-27-17-9-7-16-25(27)29-30(33)26-20-19-24-23-15-8-10-18-28(23)35-32(24)31(26)34(29)22-13-5-2-6-14-22/h1-20H. The topological polar surface area (TPSA) is 9.86 Å². The Labute approximate surface area is 205 Å². The van der Waals surface area contributed by atoms with E-state index < -0.39 is 0 Å². The van der Waals surface area contributed by atoms with Crippen molar-refractivity contribution in [2.24, 2.45) is 0 Å². The van der Waals surface area contributed by atoms with E-state index >= 15 is 0 Å². The van der Waals surface area contributed by atoms with Gasteiger partial charge in [0.25, 0.3) is 0 Å². The maximum Gasteiger partial charge on any atom is 0.0804 e. The highest BCUT2D eigenvalue weighted by molar-refractivity contribution is 7.26. The van der Waals surface area contributed by atoms with Crippen molar-refractivity contribution in [3.05, 3.63) is 121 Å². The van der Waals surface area contributed by atoms with E-state index in [1.54, 1.807) is 0 Å². The summed E-state index contributed by atoms with van der Waals surface area (Å²) in [5.74, 6) is 0. The molecule has 3 heterocycles. The van der Waals surface area contributed by atoms with Gasteiger partial charge in [-0.3, -0.25) is 0 Å². The third-order valence-electron chi connectivity index (χ3n) is 7.10. The highest BCUT2D eigenvalue weighted by atomic mass is 32.1. The molecule has 35 heavy (non-hydrogen) atoms. The molecule has 0 bridgehead atoms. The smallest absolute Gasteiger partial charge is 0.0804 e. The minimum Gasteiger partial charge on any atom is -0.307 e. The zero-order valence-corrected chi connectivity index (χ0v) is 19.7. The number of hydrogen-bond donors (Lipinski definition) is 0. The fourth-order valence-corrected chi connectivity index (χ4v) is 6.92. The van der Waals surface area contributed by atoms with Crippen LogP contribution in [0.5, 0.6) is 0 Å². The van der Waals surface area contributed by atoms with Gasteiger partial charge in [-0.2, -0.15) is 0 Å². The monoisotopic (exact) mass is 464 g/mol. The molecule has 0 fully saturated rings. The van der Waals surface area contributed by atoms with E-state index in [1.165, 1.54) is 64.4 Å². The van der Waals surface area contributed by atoms with Crippen molar-refractivity contribution in [3.63, 3.8) is 0 Å². The number of rotatable bonds is 2. The van der Waals surface area contributed by atoms with E-state index in [0.717, 1.165) is 0 Å². The van der Waals surface area contributed by atoms with Crippen LogP contribution in [0.3, 0.4) is 0 Å². The second kappa shape index (κ2) is 7.08. The van der Waals surface area contributed by atoms with E-state index in [1.807, 2.05) is 11.3 Å². The van der Waals surface area contributed by atoms with Gasteiger partial charge in [0.05, 0.1) is 26.8 Å². The molecule has 164 valence electrons. The lowest BCUT2D eigenvalue weighted by Crippen LogP contribution is -1.93. The average molecular weight is 465 g/mol. The summed E-state index contributed by atoms with van der Waals surface area (Å²) in [6.45, 7) is 0. The van der Waals surface area contributed by atoms with Crippen LogP contribution in [0.1, 0.15) is 0 Å².